The lowest BCUT2D eigenvalue weighted by Gasteiger charge is -2.14. The van der Waals surface area contributed by atoms with Crippen LogP contribution >= 0.6 is 21.6 Å². The smallest absolute Gasteiger partial charge is 0.220 e. The number of benzene rings is 1. The van der Waals surface area contributed by atoms with Crippen LogP contribution in [0.3, 0.4) is 0 Å². The summed E-state index contributed by atoms with van der Waals surface area (Å²) in [4.78, 5) is 12.3. The van der Waals surface area contributed by atoms with Gasteiger partial charge in [-0.15, -0.1) is 0 Å². The van der Waals surface area contributed by atoms with Gasteiger partial charge in [0.2, 0.25) is 5.91 Å². The Morgan fingerprint density at radius 2 is 2.15 bits per heavy atom. The van der Waals surface area contributed by atoms with Crippen molar-refractivity contribution < 1.29 is 9.18 Å². The van der Waals surface area contributed by atoms with E-state index in [0.29, 0.717) is 6.42 Å². The van der Waals surface area contributed by atoms with Crippen LogP contribution < -0.4 is 5.32 Å². The summed E-state index contributed by atoms with van der Waals surface area (Å²) in [5.41, 5.74) is 2.74. The van der Waals surface area contributed by atoms with Gasteiger partial charge in [0, 0.05) is 28.7 Å². The van der Waals surface area contributed by atoms with Crippen LogP contribution in [0.4, 0.5) is 4.39 Å². The number of unbranched alkanes of at least 4 members (excludes halogenated alkanes) is 1. The summed E-state index contributed by atoms with van der Waals surface area (Å²) in [6.45, 7) is 3.94. The van der Waals surface area contributed by atoms with Crippen molar-refractivity contribution in [2.45, 2.75) is 57.2 Å². The van der Waals surface area contributed by atoms with Crippen molar-refractivity contribution in [1.29, 1.82) is 0 Å². The topological polar surface area (TPSA) is 46.9 Å². The van der Waals surface area contributed by atoms with Crippen LogP contribution in [-0.4, -0.2) is 26.7 Å². The van der Waals surface area contributed by atoms with E-state index in [2.05, 4.69) is 10.4 Å². The molecule has 4 nitrogen and oxygen atoms in total. The summed E-state index contributed by atoms with van der Waals surface area (Å²) in [5, 5.41) is 8.25. The summed E-state index contributed by atoms with van der Waals surface area (Å²) in [6.07, 6.45) is 6.91. The fraction of sp³-hybridized carbons (Fsp3) is 0.500. The Labute approximate surface area is 168 Å². The van der Waals surface area contributed by atoms with Gasteiger partial charge in [-0.25, -0.2) is 9.07 Å². The number of hydrogen-bond donors (Lipinski definition) is 1. The normalized spacial score (nSPS) is 17.8. The summed E-state index contributed by atoms with van der Waals surface area (Å²) in [7, 11) is 3.96. The highest BCUT2D eigenvalue weighted by Gasteiger charge is 2.18. The van der Waals surface area contributed by atoms with Gasteiger partial charge >= 0.3 is 0 Å². The SMILES string of the molecule is Cc1c(C(C)NC(=O)CCCCC2CCSS2)cnn1-c1ccc(F)cc1. The molecule has 3 rings (SSSR count). The molecule has 0 aliphatic carbocycles. The maximum absolute atomic E-state index is 13.1. The quantitative estimate of drug-likeness (QED) is 0.482. The zero-order valence-corrected chi connectivity index (χ0v) is 17.4. The van der Waals surface area contributed by atoms with Gasteiger partial charge in [0.15, 0.2) is 0 Å². The number of nitrogens with zero attached hydrogens (tertiary/aromatic N) is 2. The number of amides is 1. The lowest BCUT2D eigenvalue weighted by atomic mass is 10.1. The Morgan fingerprint density at radius 3 is 2.85 bits per heavy atom. The molecule has 2 heterocycles. The zero-order valence-electron chi connectivity index (χ0n) is 15.8. The van der Waals surface area contributed by atoms with Gasteiger partial charge in [-0.05, 0) is 57.4 Å². The molecule has 2 atom stereocenters. The molecule has 146 valence electrons. The summed E-state index contributed by atoms with van der Waals surface area (Å²) >= 11 is 0. The standard InChI is InChI=1S/C20H26FN3OS2/c1-14(23-20(25)6-4-3-5-18-11-12-26-27-18)19-13-22-24(15(19)2)17-9-7-16(21)8-10-17/h7-10,13-14,18H,3-6,11-12H2,1-2H3,(H,23,25). The summed E-state index contributed by atoms with van der Waals surface area (Å²) in [6, 6.07) is 6.13. The molecule has 1 N–H and O–H groups in total. The second-order valence-electron chi connectivity index (χ2n) is 6.94. The van der Waals surface area contributed by atoms with Gasteiger partial charge < -0.3 is 5.32 Å². The van der Waals surface area contributed by atoms with Gasteiger partial charge in [-0.2, -0.15) is 5.10 Å². The second-order valence-corrected chi connectivity index (χ2v) is 9.72. The van der Waals surface area contributed by atoms with E-state index in [0.717, 1.165) is 35.0 Å². The number of rotatable bonds is 8. The minimum atomic E-state index is -0.269. The Morgan fingerprint density at radius 1 is 1.37 bits per heavy atom. The molecule has 1 aliphatic heterocycles. The lowest BCUT2D eigenvalue weighted by molar-refractivity contribution is -0.121. The van der Waals surface area contributed by atoms with E-state index in [1.165, 1.54) is 30.7 Å². The Kier molecular flexibility index (Phi) is 7.24. The van der Waals surface area contributed by atoms with Gasteiger partial charge in [-0.3, -0.25) is 4.79 Å². The number of hydrogen-bond acceptors (Lipinski definition) is 4. The van der Waals surface area contributed by atoms with Crippen LogP contribution in [0.15, 0.2) is 30.5 Å². The molecule has 1 saturated heterocycles. The molecule has 0 spiro atoms. The van der Waals surface area contributed by atoms with Crippen molar-refractivity contribution in [2.75, 3.05) is 5.75 Å². The van der Waals surface area contributed by atoms with Gasteiger partial charge in [0.25, 0.3) is 0 Å². The van der Waals surface area contributed by atoms with Gasteiger partial charge in [0.1, 0.15) is 5.82 Å². The molecule has 0 radical (unpaired) electrons. The van der Waals surface area contributed by atoms with Crippen LogP contribution in [0, 0.1) is 12.7 Å². The molecule has 27 heavy (non-hydrogen) atoms. The first-order chi connectivity index (χ1) is 13.0. The first kappa shape index (κ1) is 20.3. The number of aromatic nitrogens is 2. The van der Waals surface area contributed by atoms with Crippen molar-refractivity contribution >= 4 is 27.5 Å². The van der Waals surface area contributed by atoms with Crippen LogP contribution in [0.1, 0.15) is 56.3 Å². The van der Waals surface area contributed by atoms with Crippen LogP contribution in [0.25, 0.3) is 5.69 Å². The average Bonchev–Trinajstić information content (AvgIpc) is 3.29. The van der Waals surface area contributed by atoms with Crippen LogP contribution in [0.2, 0.25) is 0 Å². The Hall–Kier alpha value is -1.47. The molecular weight excluding hydrogens is 381 g/mol. The summed E-state index contributed by atoms with van der Waals surface area (Å²) in [5.74, 6) is 1.08. The largest absolute Gasteiger partial charge is 0.349 e. The molecule has 1 fully saturated rings. The zero-order chi connectivity index (χ0) is 19.2. The molecule has 0 bridgehead atoms. The first-order valence-corrected chi connectivity index (χ1v) is 11.8. The Bertz CT molecular complexity index is 757. The van der Waals surface area contributed by atoms with Crippen molar-refractivity contribution in [2.24, 2.45) is 0 Å². The van der Waals surface area contributed by atoms with E-state index < -0.39 is 0 Å². The highest BCUT2D eigenvalue weighted by atomic mass is 33.1. The highest BCUT2D eigenvalue weighted by Crippen LogP contribution is 2.39. The maximum Gasteiger partial charge on any atom is 0.220 e. The number of carbonyl (C=O) groups is 1. The summed E-state index contributed by atoms with van der Waals surface area (Å²) < 4.78 is 14.9. The highest BCUT2D eigenvalue weighted by molar-refractivity contribution is 8.77. The molecule has 1 amide bonds. The average molecular weight is 408 g/mol. The minimum absolute atomic E-state index is 0.0879. The van der Waals surface area contributed by atoms with E-state index in [1.807, 2.05) is 35.4 Å². The third-order valence-corrected chi connectivity index (χ3v) is 7.88. The van der Waals surface area contributed by atoms with Gasteiger partial charge in [0.05, 0.1) is 17.9 Å². The van der Waals surface area contributed by atoms with E-state index >= 15 is 0 Å². The predicted molar refractivity (Wildman–Crippen MR) is 112 cm³/mol. The predicted octanol–water partition coefficient (Wildman–Crippen LogP) is 5.21. The fourth-order valence-corrected chi connectivity index (χ4v) is 6.33. The van der Waals surface area contributed by atoms with Crippen LogP contribution in [0.5, 0.6) is 0 Å². The van der Waals surface area contributed by atoms with Crippen LogP contribution in [-0.2, 0) is 4.79 Å². The lowest BCUT2D eigenvalue weighted by Crippen LogP contribution is -2.26. The van der Waals surface area contributed by atoms with E-state index in [4.69, 9.17) is 0 Å². The van der Waals surface area contributed by atoms with E-state index in [9.17, 15) is 9.18 Å². The molecular formula is C20H26FN3OS2. The monoisotopic (exact) mass is 407 g/mol. The van der Waals surface area contributed by atoms with Gasteiger partial charge in [-0.1, -0.05) is 28.0 Å². The number of halogens is 1. The molecule has 0 saturated carbocycles. The fourth-order valence-electron chi connectivity index (χ4n) is 3.30. The van der Waals surface area contributed by atoms with Crippen molar-refractivity contribution in [3.05, 3.63) is 47.5 Å². The third kappa shape index (κ3) is 5.51. The maximum atomic E-state index is 13.1. The molecule has 1 aromatic heterocycles. The number of carbonyl (C=O) groups excluding carboxylic acids is 1. The van der Waals surface area contributed by atoms with E-state index in [-0.39, 0.29) is 17.8 Å². The molecule has 7 heteroatoms. The third-order valence-electron chi connectivity index (χ3n) is 4.87. The van der Waals surface area contributed by atoms with Crippen molar-refractivity contribution in [1.82, 2.24) is 15.1 Å². The molecule has 1 aliphatic rings. The minimum Gasteiger partial charge on any atom is -0.349 e. The van der Waals surface area contributed by atoms with Crippen molar-refractivity contribution in [3.63, 3.8) is 0 Å². The van der Waals surface area contributed by atoms with Crippen molar-refractivity contribution in [3.8, 4) is 5.69 Å². The van der Waals surface area contributed by atoms with E-state index in [1.54, 1.807) is 23.0 Å². The molecule has 2 aromatic rings. The number of nitrogens with one attached hydrogen (secondary N) is 1. The molecule has 2 unspecified atom stereocenters. The Balaban J connectivity index is 1.49. The molecule has 1 aromatic carbocycles. The second kappa shape index (κ2) is 9.64. The first-order valence-electron chi connectivity index (χ1n) is 9.42.